The van der Waals surface area contributed by atoms with Crippen molar-refractivity contribution in [3.8, 4) is 0 Å². The fraction of sp³-hybridized carbons (Fsp3) is 0.294. The third-order valence-electron chi connectivity index (χ3n) is 4.42. The van der Waals surface area contributed by atoms with Crippen molar-refractivity contribution in [2.24, 2.45) is 5.14 Å². The van der Waals surface area contributed by atoms with Crippen molar-refractivity contribution in [2.45, 2.75) is 30.8 Å². The van der Waals surface area contributed by atoms with Crippen molar-refractivity contribution in [3.63, 3.8) is 0 Å². The molecule has 9 heteroatoms. The van der Waals surface area contributed by atoms with Gasteiger partial charge in [-0.25, -0.2) is 13.6 Å². The van der Waals surface area contributed by atoms with E-state index in [0.717, 1.165) is 5.56 Å². The van der Waals surface area contributed by atoms with Gasteiger partial charge in [-0.05, 0) is 42.7 Å². The van der Waals surface area contributed by atoms with Gasteiger partial charge in [-0.15, -0.1) is 0 Å². The molecule has 26 heavy (non-hydrogen) atoms. The zero-order valence-corrected chi connectivity index (χ0v) is 16.2. The molecule has 2 aromatic rings. The van der Waals surface area contributed by atoms with Crippen LogP contribution in [0.3, 0.4) is 0 Å². The Morgan fingerprint density at radius 2 is 1.77 bits per heavy atom. The molecule has 3 rings (SSSR count). The Balaban J connectivity index is 1.94. The van der Waals surface area contributed by atoms with E-state index in [2.05, 4.69) is 0 Å². The average Bonchev–Trinajstić information content (AvgIpc) is 2.90. The number of sulfonamides is 1. The Kier molecular flexibility index (Phi) is 4.82. The van der Waals surface area contributed by atoms with Gasteiger partial charge in [0.15, 0.2) is 0 Å². The Bertz CT molecular complexity index is 1020. The van der Waals surface area contributed by atoms with Gasteiger partial charge in [0.25, 0.3) is 0 Å². The molecular weight excluding hydrogens is 374 g/mol. The van der Waals surface area contributed by atoms with Crippen LogP contribution in [-0.4, -0.2) is 34.2 Å². The van der Waals surface area contributed by atoms with Crippen LogP contribution in [0.1, 0.15) is 18.1 Å². The highest BCUT2D eigenvalue weighted by Crippen LogP contribution is 2.36. The zero-order chi connectivity index (χ0) is 19.1. The van der Waals surface area contributed by atoms with Gasteiger partial charge in [-0.2, -0.15) is 12.7 Å². The van der Waals surface area contributed by atoms with Crippen LogP contribution < -0.4 is 9.44 Å². The minimum absolute atomic E-state index is 0.0136. The Morgan fingerprint density at radius 3 is 2.38 bits per heavy atom. The normalized spacial score (nSPS) is 17.5. The fourth-order valence-corrected chi connectivity index (χ4v) is 5.31. The maximum atomic E-state index is 13.1. The molecule has 140 valence electrons. The quantitative estimate of drug-likeness (QED) is 0.828. The van der Waals surface area contributed by atoms with Crippen molar-refractivity contribution in [1.29, 1.82) is 0 Å². The monoisotopic (exact) mass is 395 g/mol. The van der Waals surface area contributed by atoms with Gasteiger partial charge in [0.05, 0.1) is 10.6 Å². The summed E-state index contributed by atoms with van der Waals surface area (Å²) in [5.41, 5.74) is 2.03. The van der Waals surface area contributed by atoms with Gasteiger partial charge in [0, 0.05) is 19.6 Å². The molecule has 1 aliphatic rings. The van der Waals surface area contributed by atoms with Crippen molar-refractivity contribution < 1.29 is 16.8 Å². The second-order valence-corrected chi connectivity index (χ2v) is 9.91. The highest BCUT2D eigenvalue weighted by molar-refractivity contribution is 7.90. The number of anilines is 1. The molecule has 1 aliphatic heterocycles. The second kappa shape index (κ2) is 6.66. The van der Waals surface area contributed by atoms with Gasteiger partial charge in [-0.1, -0.05) is 30.3 Å². The van der Waals surface area contributed by atoms with Crippen LogP contribution in [0.25, 0.3) is 0 Å². The minimum atomic E-state index is -3.83. The van der Waals surface area contributed by atoms with E-state index in [-0.39, 0.29) is 17.5 Å². The number of hydrogen-bond acceptors (Lipinski definition) is 4. The van der Waals surface area contributed by atoms with Crippen molar-refractivity contribution in [1.82, 2.24) is 4.31 Å². The van der Waals surface area contributed by atoms with Gasteiger partial charge in [0.1, 0.15) is 0 Å². The summed E-state index contributed by atoms with van der Waals surface area (Å²) in [6.45, 7) is 2.04. The number of hydrogen-bond donors (Lipinski definition) is 1. The van der Waals surface area contributed by atoms with E-state index >= 15 is 0 Å². The summed E-state index contributed by atoms with van der Waals surface area (Å²) >= 11 is 0. The number of benzene rings is 2. The van der Waals surface area contributed by atoms with Gasteiger partial charge >= 0.3 is 10.2 Å². The maximum absolute atomic E-state index is 13.1. The number of primary sulfonamides is 1. The van der Waals surface area contributed by atoms with Crippen LogP contribution in [0.2, 0.25) is 0 Å². The lowest BCUT2D eigenvalue weighted by atomic mass is 10.1. The summed E-state index contributed by atoms with van der Waals surface area (Å²) in [5, 5.41) is 5.17. The van der Waals surface area contributed by atoms with E-state index < -0.39 is 20.2 Å². The zero-order valence-electron chi connectivity index (χ0n) is 14.5. The first-order valence-electron chi connectivity index (χ1n) is 8.06. The molecule has 0 amide bonds. The predicted octanol–water partition coefficient (Wildman–Crippen LogP) is 1.46. The molecule has 0 bridgehead atoms. The van der Waals surface area contributed by atoms with Crippen LogP contribution in [-0.2, 0) is 33.2 Å². The first-order chi connectivity index (χ1) is 12.1. The van der Waals surface area contributed by atoms with Crippen molar-refractivity contribution in [3.05, 3.63) is 59.7 Å². The Morgan fingerprint density at radius 1 is 1.12 bits per heavy atom. The average molecular weight is 396 g/mol. The summed E-state index contributed by atoms with van der Waals surface area (Å²) in [4.78, 5) is -0.0136. The van der Waals surface area contributed by atoms with Gasteiger partial charge in [0.2, 0.25) is 10.0 Å². The van der Waals surface area contributed by atoms with E-state index in [1.807, 2.05) is 30.3 Å². The van der Waals surface area contributed by atoms with Crippen LogP contribution in [0, 0.1) is 0 Å². The molecule has 0 aromatic heterocycles. The predicted molar refractivity (Wildman–Crippen MR) is 100 cm³/mol. The molecule has 0 saturated heterocycles. The lowest BCUT2D eigenvalue weighted by Crippen LogP contribution is -2.44. The second-order valence-electron chi connectivity index (χ2n) is 6.43. The fourth-order valence-electron chi connectivity index (χ4n) is 3.18. The van der Waals surface area contributed by atoms with E-state index in [4.69, 9.17) is 5.14 Å². The van der Waals surface area contributed by atoms with Crippen molar-refractivity contribution >= 4 is 25.9 Å². The maximum Gasteiger partial charge on any atom is 0.304 e. The number of fused-ring (bicyclic) bond motifs is 1. The summed E-state index contributed by atoms with van der Waals surface area (Å²) in [6, 6.07) is 13.3. The molecular formula is C17H21N3O4S2. The smallest absolute Gasteiger partial charge is 0.254 e. The standard InChI is InChI=1S/C17H21N3O4S2/c1-13-10-15-11-16(25(18,21)22)8-9-17(15)20(13)26(23,24)19(2)12-14-6-4-3-5-7-14/h3-9,11,13H,10,12H2,1-2H3,(H2,18,21,22). The van der Waals surface area contributed by atoms with Crippen molar-refractivity contribution in [2.75, 3.05) is 11.4 Å². The summed E-state index contributed by atoms with van der Waals surface area (Å²) in [5.74, 6) is 0. The Labute approximate surface area is 154 Å². The van der Waals surface area contributed by atoms with Gasteiger partial charge < -0.3 is 0 Å². The molecule has 0 saturated carbocycles. The van der Waals surface area contributed by atoms with E-state index in [1.54, 1.807) is 6.92 Å². The molecule has 0 fully saturated rings. The third kappa shape index (κ3) is 3.48. The number of nitrogens with two attached hydrogens (primary N) is 1. The number of nitrogens with zero attached hydrogens (tertiary/aromatic N) is 2. The van der Waals surface area contributed by atoms with Gasteiger partial charge in [-0.3, -0.25) is 4.31 Å². The summed E-state index contributed by atoms with van der Waals surface area (Å²) in [6.07, 6.45) is 0.428. The lowest BCUT2D eigenvalue weighted by Gasteiger charge is -2.29. The molecule has 1 atom stereocenters. The molecule has 2 N–H and O–H groups in total. The molecule has 7 nitrogen and oxygen atoms in total. The van der Waals surface area contributed by atoms with Crippen LogP contribution in [0.4, 0.5) is 5.69 Å². The lowest BCUT2D eigenvalue weighted by molar-refractivity contribution is 0.459. The molecule has 0 radical (unpaired) electrons. The molecule has 0 aliphatic carbocycles. The van der Waals surface area contributed by atoms with Crippen LogP contribution in [0.15, 0.2) is 53.4 Å². The summed E-state index contributed by atoms with van der Waals surface area (Å²) in [7, 11) is -6.06. The van der Waals surface area contributed by atoms with E-state index in [9.17, 15) is 16.8 Å². The summed E-state index contributed by atoms with van der Waals surface area (Å²) < 4.78 is 51.9. The largest absolute Gasteiger partial charge is 0.304 e. The van der Waals surface area contributed by atoms with Crippen LogP contribution >= 0.6 is 0 Å². The first kappa shape index (κ1) is 18.8. The SMILES string of the molecule is CC1Cc2cc(S(N)(=O)=O)ccc2N1S(=O)(=O)N(C)Cc1ccccc1. The first-order valence-corrected chi connectivity index (χ1v) is 11.0. The number of rotatable bonds is 5. The van der Waals surface area contributed by atoms with Crippen LogP contribution in [0.5, 0.6) is 0 Å². The van der Waals surface area contributed by atoms with E-state index in [1.165, 1.54) is 33.9 Å². The molecule has 1 heterocycles. The molecule has 0 spiro atoms. The van der Waals surface area contributed by atoms with E-state index in [0.29, 0.717) is 17.7 Å². The third-order valence-corrected chi connectivity index (χ3v) is 7.30. The highest BCUT2D eigenvalue weighted by atomic mass is 32.2. The minimum Gasteiger partial charge on any atom is -0.254 e. The topological polar surface area (TPSA) is 101 Å². The Hall–Kier alpha value is -1.94. The molecule has 1 unspecified atom stereocenters. The molecule has 2 aromatic carbocycles. The highest BCUT2D eigenvalue weighted by Gasteiger charge is 2.37.